The lowest BCUT2D eigenvalue weighted by Crippen LogP contribution is -2.27. The number of benzene rings is 2. The summed E-state index contributed by atoms with van der Waals surface area (Å²) < 4.78 is 25.5. The molecule has 0 atom stereocenters. The van der Waals surface area contributed by atoms with Crippen LogP contribution in [0.2, 0.25) is 0 Å². The first-order chi connectivity index (χ1) is 13.3. The van der Waals surface area contributed by atoms with E-state index in [4.69, 9.17) is 8.83 Å². The van der Waals surface area contributed by atoms with Gasteiger partial charge in [0.25, 0.3) is 6.01 Å². The fourth-order valence-corrected chi connectivity index (χ4v) is 4.40. The van der Waals surface area contributed by atoms with Crippen molar-refractivity contribution < 1.29 is 13.2 Å². The molecule has 2 aromatic heterocycles. The Morgan fingerprint density at radius 1 is 0.815 bits per heavy atom. The molecule has 27 heavy (non-hydrogen) atoms. The number of furan rings is 2. The van der Waals surface area contributed by atoms with Crippen molar-refractivity contribution in [2.24, 2.45) is 0 Å². The van der Waals surface area contributed by atoms with Gasteiger partial charge in [0.1, 0.15) is 5.76 Å². The molecule has 2 aliphatic rings. The first kappa shape index (κ1) is 15.0. The summed E-state index contributed by atoms with van der Waals surface area (Å²) in [6, 6.07) is 9.42. The van der Waals surface area contributed by atoms with Crippen molar-refractivity contribution in [3.8, 4) is 11.3 Å². The van der Waals surface area contributed by atoms with Gasteiger partial charge in [-0.15, -0.1) is 0 Å². The number of aryl methyl sites for hydroxylation is 1. The molecule has 0 spiro atoms. The maximum atomic E-state index is 13.9. The lowest BCUT2D eigenvalue weighted by Gasteiger charge is -2.10. The van der Waals surface area contributed by atoms with Gasteiger partial charge >= 0.3 is 0 Å². The average Bonchev–Trinajstić information content (AvgIpc) is 3.31. The van der Waals surface area contributed by atoms with Crippen LogP contribution in [-0.4, -0.2) is 0 Å². The van der Waals surface area contributed by atoms with E-state index in [0.29, 0.717) is 11.2 Å². The van der Waals surface area contributed by atoms with Crippen molar-refractivity contribution in [3.05, 3.63) is 64.0 Å². The standard InChI is InChI=1S/C24H17FO2/c25-22-13-20-18-8-4-3-7-17(18)19-12-21(26-23(19)24(20)27-22)16-10-9-14-5-1-2-6-15(14)11-16/h2,6-13H,1,3-5H2. The lowest BCUT2D eigenvalue weighted by molar-refractivity contribution is 0.380. The Kier molecular flexibility index (Phi) is 3.04. The van der Waals surface area contributed by atoms with Crippen molar-refractivity contribution in [3.63, 3.8) is 0 Å². The molecule has 0 saturated heterocycles. The zero-order chi connectivity index (χ0) is 18.0. The van der Waals surface area contributed by atoms with E-state index in [1.165, 1.54) is 17.2 Å². The minimum Gasteiger partial charge on any atom is -0.452 e. The topological polar surface area (TPSA) is 26.3 Å². The predicted octanol–water partition coefficient (Wildman–Crippen LogP) is 5.30. The van der Waals surface area contributed by atoms with Crippen molar-refractivity contribution in [2.75, 3.05) is 0 Å². The molecule has 0 amide bonds. The van der Waals surface area contributed by atoms with Crippen molar-refractivity contribution >= 4 is 40.2 Å². The first-order valence-electron chi connectivity index (χ1n) is 9.43. The van der Waals surface area contributed by atoms with Crippen LogP contribution in [0.15, 0.2) is 45.2 Å². The summed E-state index contributed by atoms with van der Waals surface area (Å²) in [5.74, 6) is 0.789. The summed E-state index contributed by atoms with van der Waals surface area (Å²) in [4.78, 5) is 0. The molecule has 2 nitrogen and oxygen atoms in total. The highest BCUT2D eigenvalue weighted by Crippen LogP contribution is 2.33. The van der Waals surface area contributed by atoms with Crippen LogP contribution in [0.4, 0.5) is 4.39 Å². The Hall–Kier alpha value is -3.07. The van der Waals surface area contributed by atoms with E-state index in [9.17, 15) is 4.39 Å². The predicted molar refractivity (Wildman–Crippen MR) is 106 cm³/mol. The van der Waals surface area contributed by atoms with Crippen LogP contribution in [0.1, 0.15) is 30.4 Å². The molecule has 2 aromatic carbocycles. The zero-order valence-electron chi connectivity index (χ0n) is 14.7. The highest BCUT2D eigenvalue weighted by Gasteiger charge is 2.18. The third-order valence-corrected chi connectivity index (χ3v) is 5.68. The number of halogens is 1. The fraction of sp³-hybridized carbons (Fsp3) is 0.167. The molecule has 132 valence electrons. The second kappa shape index (κ2) is 5.46. The van der Waals surface area contributed by atoms with Crippen LogP contribution < -0.4 is 10.4 Å². The second-order valence-electron chi connectivity index (χ2n) is 7.31. The molecule has 0 radical (unpaired) electrons. The van der Waals surface area contributed by atoms with E-state index in [1.54, 1.807) is 0 Å². The molecule has 0 fully saturated rings. The maximum absolute atomic E-state index is 13.9. The van der Waals surface area contributed by atoms with Crippen LogP contribution in [0.5, 0.6) is 0 Å². The van der Waals surface area contributed by atoms with Gasteiger partial charge in [0.05, 0.1) is 0 Å². The number of rotatable bonds is 1. The Labute approximate surface area is 154 Å². The highest BCUT2D eigenvalue weighted by molar-refractivity contribution is 6.03. The number of hydrogen-bond donors (Lipinski definition) is 0. The van der Waals surface area contributed by atoms with E-state index < -0.39 is 6.01 Å². The number of fused-ring (bicyclic) bond motifs is 7. The van der Waals surface area contributed by atoms with E-state index in [-0.39, 0.29) is 0 Å². The Balaban J connectivity index is 1.68. The van der Waals surface area contributed by atoms with Crippen LogP contribution in [0.3, 0.4) is 0 Å². The summed E-state index contributed by atoms with van der Waals surface area (Å²) in [5, 5.41) is 3.96. The monoisotopic (exact) mass is 356 g/mol. The van der Waals surface area contributed by atoms with Gasteiger partial charge in [0.2, 0.25) is 0 Å². The van der Waals surface area contributed by atoms with Crippen LogP contribution in [0.25, 0.3) is 51.5 Å². The number of hydrogen-bond acceptors (Lipinski definition) is 2. The molecular weight excluding hydrogens is 339 g/mol. The Morgan fingerprint density at radius 2 is 1.59 bits per heavy atom. The molecule has 6 rings (SSSR count). The summed E-state index contributed by atoms with van der Waals surface area (Å²) in [7, 11) is 0. The summed E-state index contributed by atoms with van der Waals surface area (Å²) in [6.07, 6.45) is 12.9. The summed E-state index contributed by atoms with van der Waals surface area (Å²) in [5.41, 5.74) is 4.77. The van der Waals surface area contributed by atoms with E-state index >= 15 is 0 Å². The van der Waals surface area contributed by atoms with Gasteiger partial charge in [0.15, 0.2) is 11.2 Å². The van der Waals surface area contributed by atoms with Crippen LogP contribution >= 0.6 is 0 Å². The molecule has 2 aliphatic carbocycles. The third-order valence-electron chi connectivity index (χ3n) is 5.68. The Morgan fingerprint density at radius 3 is 2.44 bits per heavy atom. The quantitative estimate of drug-likeness (QED) is 0.463. The van der Waals surface area contributed by atoms with Crippen molar-refractivity contribution in [1.29, 1.82) is 0 Å². The minimum atomic E-state index is -0.574. The van der Waals surface area contributed by atoms with Gasteiger partial charge < -0.3 is 8.83 Å². The molecule has 4 aromatic rings. The third kappa shape index (κ3) is 2.18. The van der Waals surface area contributed by atoms with Gasteiger partial charge in [-0.1, -0.05) is 36.4 Å². The molecule has 2 heterocycles. The van der Waals surface area contributed by atoms with Gasteiger partial charge in [-0.3, -0.25) is 0 Å². The van der Waals surface area contributed by atoms with Crippen LogP contribution in [-0.2, 0) is 6.42 Å². The molecule has 0 bridgehead atoms. The molecular formula is C24H17FO2. The van der Waals surface area contributed by atoms with Gasteiger partial charge in [-0.2, -0.15) is 4.39 Å². The molecule has 0 saturated carbocycles. The highest BCUT2D eigenvalue weighted by atomic mass is 19.1. The maximum Gasteiger partial charge on any atom is 0.279 e. The fourth-order valence-electron chi connectivity index (χ4n) is 4.40. The minimum absolute atomic E-state index is 0.497. The zero-order valence-corrected chi connectivity index (χ0v) is 14.7. The normalized spacial score (nSPS) is 15.4. The summed E-state index contributed by atoms with van der Waals surface area (Å²) in [6.45, 7) is 0. The Bertz CT molecular complexity index is 1380. The number of allylic oxidation sites excluding steroid dienone is 1. The molecule has 0 N–H and O–H groups in total. The van der Waals surface area contributed by atoms with E-state index in [2.05, 4.69) is 48.6 Å². The molecule has 0 unspecified atom stereocenters. The van der Waals surface area contributed by atoms with Gasteiger partial charge in [-0.25, -0.2) is 0 Å². The van der Waals surface area contributed by atoms with Gasteiger partial charge in [0, 0.05) is 22.4 Å². The van der Waals surface area contributed by atoms with E-state index in [0.717, 1.165) is 58.2 Å². The lowest BCUT2D eigenvalue weighted by atomic mass is 9.95. The largest absolute Gasteiger partial charge is 0.452 e. The van der Waals surface area contributed by atoms with Gasteiger partial charge in [-0.05, 0) is 59.4 Å². The SMILES string of the molecule is Fc1cc2c3c(c4cc(-c5ccc6c(c5)C=CCC6)oc4c2o1)=CCCC=3. The molecule has 3 heteroatoms. The summed E-state index contributed by atoms with van der Waals surface area (Å²) >= 11 is 0. The van der Waals surface area contributed by atoms with E-state index in [1.807, 2.05) is 0 Å². The molecule has 0 aliphatic heterocycles. The second-order valence-corrected chi connectivity index (χ2v) is 7.31. The van der Waals surface area contributed by atoms with Crippen molar-refractivity contribution in [2.45, 2.75) is 25.7 Å². The average molecular weight is 356 g/mol. The first-order valence-corrected chi connectivity index (χ1v) is 9.43. The van der Waals surface area contributed by atoms with Crippen molar-refractivity contribution in [1.82, 2.24) is 0 Å². The van der Waals surface area contributed by atoms with Crippen LogP contribution in [0, 0.1) is 6.01 Å². The smallest absolute Gasteiger partial charge is 0.279 e.